The quantitative estimate of drug-likeness (QED) is 0.116. The van der Waals surface area contributed by atoms with Gasteiger partial charge < -0.3 is 9.79 Å². The van der Waals surface area contributed by atoms with Gasteiger partial charge in [-0.15, -0.1) is 0 Å². The first kappa shape index (κ1) is 31.0. The Morgan fingerprint density at radius 3 is 1.86 bits per heavy atom. The van der Waals surface area contributed by atoms with Crippen molar-refractivity contribution in [1.29, 1.82) is 0 Å². The van der Waals surface area contributed by atoms with Gasteiger partial charge in [-0.1, -0.05) is 152 Å². The maximum atomic E-state index is 14.8. The van der Waals surface area contributed by atoms with E-state index >= 15 is 0 Å². The molecule has 0 saturated carbocycles. The lowest BCUT2D eigenvalue weighted by Gasteiger charge is -2.33. The maximum absolute atomic E-state index is 14.8. The summed E-state index contributed by atoms with van der Waals surface area (Å²) < 4.78 is 41.2. The number of halogens is 2. The summed E-state index contributed by atoms with van der Waals surface area (Å²) >= 11 is 0. The highest BCUT2D eigenvalue weighted by Crippen LogP contribution is 2.60. The largest absolute Gasteiger partial charge is 0.399 e. The normalized spacial score (nSPS) is 13.5. The van der Waals surface area contributed by atoms with Crippen molar-refractivity contribution in [2.45, 2.75) is 23.9 Å². The summed E-state index contributed by atoms with van der Waals surface area (Å²) in [5.74, 6) is -0.0438. The maximum Gasteiger partial charge on any atom is 0.399 e. The van der Waals surface area contributed by atoms with Gasteiger partial charge >= 0.3 is 13.3 Å². The summed E-state index contributed by atoms with van der Waals surface area (Å²) in [4.78, 5) is 33.2. The smallest absolute Gasteiger partial charge is 0.320 e. The number of allylic oxidation sites excluding steroid dienone is 1. The minimum atomic E-state index is -5.76. The molecule has 0 amide bonds. The molecule has 0 aliphatic carbocycles. The van der Waals surface area contributed by atoms with Crippen LogP contribution in [0, 0.1) is 0 Å². The Morgan fingerprint density at radius 1 is 0.705 bits per heavy atom. The molecule has 2 N–H and O–H groups in total. The van der Waals surface area contributed by atoms with E-state index in [1.165, 1.54) is 12.1 Å². The Kier molecular flexibility index (Phi) is 9.17. The second-order valence-corrected chi connectivity index (χ2v) is 12.3. The molecule has 0 heterocycles. The van der Waals surface area contributed by atoms with E-state index in [9.17, 15) is 27.9 Å². The molecule has 222 valence electrons. The van der Waals surface area contributed by atoms with Crippen LogP contribution in [0.3, 0.4) is 0 Å². The lowest BCUT2D eigenvalue weighted by atomic mass is 9.68. The van der Waals surface area contributed by atoms with E-state index in [1.54, 1.807) is 30.3 Å². The summed E-state index contributed by atoms with van der Waals surface area (Å²) in [6.45, 7) is 0. The minimum absolute atomic E-state index is 0.0212. The molecule has 7 heteroatoms. The number of benzene rings is 5. The fourth-order valence-corrected chi connectivity index (χ4v) is 5.99. The van der Waals surface area contributed by atoms with Crippen LogP contribution in [0.25, 0.3) is 17.2 Å². The van der Waals surface area contributed by atoms with Crippen LogP contribution in [-0.2, 0) is 22.1 Å². The van der Waals surface area contributed by atoms with Gasteiger partial charge in [0.15, 0.2) is 5.78 Å². The molecule has 5 aromatic carbocycles. The first-order chi connectivity index (χ1) is 21.1. The Morgan fingerprint density at radius 2 is 1.25 bits per heavy atom. The molecule has 0 fully saturated rings. The van der Waals surface area contributed by atoms with Gasteiger partial charge in [0, 0.05) is 11.1 Å². The molecule has 0 bridgehead atoms. The number of hydrogen-bond acceptors (Lipinski definition) is 2. The fourth-order valence-electron chi connectivity index (χ4n) is 5.48. The van der Waals surface area contributed by atoms with Crippen molar-refractivity contribution in [2.24, 2.45) is 0 Å². The van der Waals surface area contributed by atoms with E-state index in [-0.39, 0.29) is 11.3 Å². The molecular weight excluding hydrogens is 577 g/mol. The Bertz CT molecular complexity index is 1780. The Hall–Kier alpha value is -4.48. The van der Waals surface area contributed by atoms with Gasteiger partial charge in [0.25, 0.3) is 0 Å². The number of carbonyl (C=O) groups is 1. The molecule has 0 saturated heterocycles. The molecule has 1 unspecified atom stereocenters. The van der Waals surface area contributed by atoms with Crippen molar-refractivity contribution in [1.82, 2.24) is 0 Å². The molecule has 0 aromatic heterocycles. The standard InChI is InChI=1S/C37H31F2O4P/c38-37(39,44(41,42)43)34-21-11-10-20-33(34)30-24-22-29(23-25-30)27-36(32-18-8-3-9-19-32,35(40)31-16-6-2-7-17-31)26-12-15-28-13-4-1-5-14-28/h1-25H,26-27H2,(H2,41,42,43)/b15-12+. The van der Waals surface area contributed by atoms with Crippen molar-refractivity contribution in [2.75, 3.05) is 0 Å². The van der Waals surface area contributed by atoms with Gasteiger partial charge in [0.05, 0.1) is 5.41 Å². The van der Waals surface area contributed by atoms with Gasteiger partial charge in [-0.05, 0) is 40.7 Å². The van der Waals surface area contributed by atoms with Crippen LogP contribution >= 0.6 is 7.60 Å². The van der Waals surface area contributed by atoms with Crippen LogP contribution < -0.4 is 0 Å². The lowest BCUT2D eigenvalue weighted by molar-refractivity contribution is 0.0570. The van der Waals surface area contributed by atoms with Gasteiger partial charge in [-0.3, -0.25) is 9.36 Å². The highest BCUT2D eigenvalue weighted by Gasteiger charge is 2.51. The molecule has 5 rings (SSSR count). The zero-order valence-corrected chi connectivity index (χ0v) is 24.7. The molecule has 5 aromatic rings. The van der Waals surface area contributed by atoms with Crippen molar-refractivity contribution < 1.29 is 27.9 Å². The summed E-state index contributed by atoms with van der Waals surface area (Å²) in [6.07, 6.45) is 4.73. The van der Waals surface area contributed by atoms with E-state index in [1.807, 2.05) is 103 Å². The lowest BCUT2D eigenvalue weighted by Crippen LogP contribution is -2.38. The number of hydrogen-bond donors (Lipinski definition) is 2. The number of rotatable bonds is 11. The van der Waals surface area contributed by atoms with E-state index in [0.29, 0.717) is 24.0 Å². The van der Waals surface area contributed by atoms with E-state index < -0.39 is 24.2 Å². The first-order valence-corrected chi connectivity index (χ1v) is 15.7. The van der Waals surface area contributed by atoms with Gasteiger partial charge in [0.1, 0.15) is 0 Å². The average Bonchev–Trinajstić information content (AvgIpc) is 3.05. The van der Waals surface area contributed by atoms with Gasteiger partial charge in [-0.2, -0.15) is 8.78 Å². The minimum Gasteiger partial charge on any atom is -0.320 e. The third-order valence-corrected chi connectivity index (χ3v) is 8.73. The van der Waals surface area contributed by atoms with Crippen LogP contribution in [0.1, 0.15) is 39.0 Å². The molecule has 44 heavy (non-hydrogen) atoms. The van der Waals surface area contributed by atoms with E-state index in [4.69, 9.17) is 0 Å². The monoisotopic (exact) mass is 608 g/mol. The van der Waals surface area contributed by atoms with E-state index in [2.05, 4.69) is 0 Å². The zero-order chi connectivity index (χ0) is 31.2. The molecule has 1 atom stereocenters. The van der Waals surface area contributed by atoms with E-state index in [0.717, 1.165) is 22.8 Å². The molecule has 0 radical (unpaired) electrons. The molecular formula is C37H31F2O4P. The molecule has 0 aliphatic rings. The second kappa shape index (κ2) is 13.0. The molecule has 0 spiro atoms. The van der Waals surface area contributed by atoms with Crippen LogP contribution in [0.5, 0.6) is 0 Å². The molecule has 0 aliphatic heterocycles. The summed E-state index contributed by atoms with van der Waals surface area (Å²) in [7, 11) is -5.76. The predicted molar refractivity (Wildman–Crippen MR) is 171 cm³/mol. The topological polar surface area (TPSA) is 74.6 Å². The third kappa shape index (κ3) is 6.53. The SMILES string of the molecule is O=C(c1ccccc1)C(C/C=C/c1ccccc1)(Cc1ccc(-c2ccccc2C(F)(F)P(=O)(O)O)cc1)c1ccccc1. The number of Topliss-reactive ketones (excluding diaryl/α,β-unsaturated/α-hetero) is 1. The second-order valence-electron chi connectivity index (χ2n) is 10.7. The van der Waals surface area contributed by atoms with Crippen molar-refractivity contribution >= 4 is 19.5 Å². The summed E-state index contributed by atoms with van der Waals surface area (Å²) in [5, 5.41) is 0. The number of alkyl halides is 2. The van der Waals surface area contributed by atoms with Crippen LogP contribution in [0.2, 0.25) is 0 Å². The first-order valence-electron chi connectivity index (χ1n) is 14.1. The van der Waals surface area contributed by atoms with Gasteiger partial charge in [-0.25, -0.2) is 0 Å². The summed E-state index contributed by atoms with van der Waals surface area (Å²) in [5.41, 5.74) is -2.44. The fraction of sp³-hybridized carbons (Fsp3) is 0.108. The van der Waals surface area contributed by atoms with Crippen LogP contribution in [0.4, 0.5) is 8.78 Å². The highest BCUT2D eigenvalue weighted by molar-refractivity contribution is 7.52. The third-order valence-electron chi connectivity index (χ3n) is 7.76. The number of ketones is 1. The Balaban J connectivity index is 1.57. The average molecular weight is 609 g/mol. The van der Waals surface area contributed by atoms with Crippen molar-refractivity contribution in [3.8, 4) is 11.1 Å². The van der Waals surface area contributed by atoms with Crippen molar-refractivity contribution in [3.63, 3.8) is 0 Å². The highest BCUT2D eigenvalue weighted by atomic mass is 31.2. The summed E-state index contributed by atoms with van der Waals surface area (Å²) in [6, 6.07) is 40.8. The Labute approximate surface area is 255 Å². The zero-order valence-electron chi connectivity index (χ0n) is 23.8. The predicted octanol–water partition coefficient (Wildman–Crippen LogP) is 9.05. The van der Waals surface area contributed by atoms with Gasteiger partial charge in [0.2, 0.25) is 0 Å². The molecule has 4 nitrogen and oxygen atoms in total. The number of carbonyl (C=O) groups excluding carboxylic acids is 1. The van der Waals surface area contributed by atoms with Crippen molar-refractivity contribution in [3.05, 3.63) is 173 Å². The van der Waals surface area contributed by atoms with Crippen LogP contribution in [-0.4, -0.2) is 15.6 Å². The van der Waals surface area contributed by atoms with Crippen LogP contribution in [0.15, 0.2) is 146 Å².